The summed E-state index contributed by atoms with van der Waals surface area (Å²) in [4.78, 5) is 11.6. The lowest BCUT2D eigenvalue weighted by Gasteiger charge is -2.13. The molecule has 0 spiro atoms. The Labute approximate surface area is 94.3 Å². The third-order valence-electron chi connectivity index (χ3n) is 2.37. The van der Waals surface area contributed by atoms with Gasteiger partial charge in [-0.25, -0.2) is 5.43 Å². The fourth-order valence-corrected chi connectivity index (χ4v) is 1.51. The van der Waals surface area contributed by atoms with Crippen LogP contribution in [0.15, 0.2) is 35.4 Å². The predicted molar refractivity (Wildman–Crippen MR) is 61.4 cm³/mol. The average Bonchev–Trinajstić information content (AvgIpc) is 2.38. The number of carbonyl (C=O) groups is 1. The van der Waals surface area contributed by atoms with Crippen LogP contribution in [0, 0.1) is 0 Å². The molecule has 0 atom stereocenters. The minimum atomic E-state index is -0.182. The van der Waals surface area contributed by atoms with Gasteiger partial charge in [-0.2, -0.15) is 5.10 Å². The summed E-state index contributed by atoms with van der Waals surface area (Å²) in [5.41, 5.74) is 4.05. The molecule has 0 radical (unpaired) electrons. The zero-order valence-corrected chi connectivity index (χ0v) is 8.98. The summed E-state index contributed by atoms with van der Waals surface area (Å²) < 4.78 is 5.24. The molecule has 0 saturated carbocycles. The molecule has 2 rings (SSSR count). The number of hydrogen-bond donors (Lipinski definition) is 1. The van der Waals surface area contributed by atoms with Crippen LogP contribution in [0.5, 0.6) is 0 Å². The lowest BCUT2D eigenvalue weighted by molar-refractivity contribution is 0.0953. The summed E-state index contributed by atoms with van der Waals surface area (Å²) in [6.07, 6.45) is 1.87. The van der Waals surface area contributed by atoms with Gasteiger partial charge in [0, 0.05) is 12.2 Å². The maximum Gasteiger partial charge on any atom is 0.271 e. The SMILES string of the molecule is O=C(N/N=C1\CCCOC1)c1ccccc1. The molecule has 1 N–H and O–H groups in total. The van der Waals surface area contributed by atoms with E-state index in [2.05, 4.69) is 10.5 Å². The number of ether oxygens (including phenoxy) is 1. The summed E-state index contributed by atoms with van der Waals surface area (Å²) in [7, 11) is 0. The van der Waals surface area contributed by atoms with E-state index in [1.165, 1.54) is 0 Å². The molecule has 0 bridgehead atoms. The van der Waals surface area contributed by atoms with E-state index in [1.807, 2.05) is 18.2 Å². The number of benzene rings is 1. The number of carbonyl (C=O) groups excluding carboxylic acids is 1. The summed E-state index contributed by atoms with van der Waals surface area (Å²) in [5, 5.41) is 4.05. The van der Waals surface area contributed by atoms with E-state index in [9.17, 15) is 4.79 Å². The number of nitrogens with one attached hydrogen (secondary N) is 1. The van der Waals surface area contributed by atoms with Crippen molar-refractivity contribution in [3.63, 3.8) is 0 Å². The van der Waals surface area contributed by atoms with Gasteiger partial charge in [0.15, 0.2) is 0 Å². The van der Waals surface area contributed by atoms with Crippen molar-refractivity contribution in [3.05, 3.63) is 35.9 Å². The molecule has 4 heteroatoms. The Balaban J connectivity index is 1.92. The van der Waals surface area contributed by atoms with Gasteiger partial charge < -0.3 is 4.74 Å². The zero-order valence-electron chi connectivity index (χ0n) is 8.98. The van der Waals surface area contributed by atoms with Gasteiger partial charge in [-0.3, -0.25) is 4.79 Å². The first-order chi connectivity index (χ1) is 7.86. The van der Waals surface area contributed by atoms with Crippen molar-refractivity contribution >= 4 is 11.6 Å². The summed E-state index contributed by atoms with van der Waals surface area (Å²) in [5.74, 6) is -0.182. The normalized spacial score (nSPS) is 18.4. The average molecular weight is 218 g/mol. The minimum absolute atomic E-state index is 0.182. The fraction of sp³-hybridized carbons (Fsp3) is 0.333. The van der Waals surface area contributed by atoms with Crippen LogP contribution in [-0.2, 0) is 4.74 Å². The Morgan fingerprint density at radius 2 is 2.12 bits per heavy atom. The topological polar surface area (TPSA) is 50.7 Å². The second-order valence-corrected chi connectivity index (χ2v) is 3.64. The van der Waals surface area contributed by atoms with Crippen LogP contribution in [0.2, 0.25) is 0 Å². The minimum Gasteiger partial charge on any atom is -0.375 e. The van der Waals surface area contributed by atoms with Crippen LogP contribution >= 0.6 is 0 Å². The van der Waals surface area contributed by atoms with E-state index in [0.29, 0.717) is 12.2 Å². The fourth-order valence-electron chi connectivity index (χ4n) is 1.51. The Morgan fingerprint density at radius 3 is 2.81 bits per heavy atom. The molecule has 1 fully saturated rings. The highest BCUT2D eigenvalue weighted by atomic mass is 16.5. The van der Waals surface area contributed by atoms with Crippen LogP contribution in [0.1, 0.15) is 23.2 Å². The number of hydrazone groups is 1. The van der Waals surface area contributed by atoms with Crippen molar-refractivity contribution in [1.82, 2.24) is 5.43 Å². The van der Waals surface area contributed by atoms with E-state index in [-0.39, 0.29) is 5.91 Å². The standard InChI is InChI=1S/C12H14N2O2/c15-12(10-5-2-1-3-6-10)14-13-11-7-4-8-16-9-11/h1-3,5-6H,4,7-9H2,(H,14,15)/b13-11+. The number of rotatable bonds is 2. The Bertz CT molecular complexity index is 379. The first-order valence-electron chi connectivity index (χ1n) is 5.35. The highest BCUT2D eigenvalue weighted by Gasteiger charge is 2.08. The first kappa shape index (κ1) is 10.8. The smallest absolute Gasteiger partial charge is 0.271 e. The highest BCUT2D eigenvalue weighted by Crippen LogP contribution is 2.02. The Morgan fingerprint density at radius 1 is 1.31 bits per heavy atom. The van der Waals surface area contributed by atoms with Crippen molar-refractivity contribution in [3.8, 4) is 0 Å². The van der Waals surface area contributed by atoms with E-state index in [4.69, 9.17) is 4.74 Å². The molecule has 0 aromatic heterocycles. The van der Waals surface area contributed by atoms with Crippen molar-refractivity contribution < 1.29 is 9.53 Å². The van der Waals surface area contributed by atoms with Crippen molar-refractivity contribution in [2.24, 2.45) is 5.10 Å². The van der Waals surface area contributed by atoms with Gasteiger partial charge in [0.1, 0.15) is 0 Å². The van der Waals surface area contributed by atoms with Crippen LogP contribution in [0.3, 0.4) is 0 Å². The summed E-state index contributed by atoms with van der Waals surface area (Å²) >= 11 is 0. The maximum absolute atomic E-state index is 11.6. The molecule has 0 unspecified atom stereocenters. The molecule has 1 amide bonds. The van der Waals surface area contributed by atoms with E-state index in [0.717, 1.165) is 25.2 Å². The monoisotopic (exact) mass is 218 g/mol. The molecular formula is C12H14N2O2. The van der Waals surface area contributed by atoms with E-state index < -0.39 is 0 Å². The molecule has 1 aromatic carbocycles. The van der Waals surface area contributed by atoms with Gasteiger partial charge in [0.2, 0.25) is 0 Å². The largest absolute Gasteiger partial charge is 0.375 e. The van der Waals surface area contributed by atoms with Gasteiger partial charge >= 0.3 is 0 Å². The van der Waals surface area contributed by atoms with Crippen LogP contribution < -0.4 is 5.43 Å². The second kappa shape index (κ2) is 5.42. The molecular weight excluding hydrogens is 204 g/mol. The number of hydrogen-bond acceptors (Lipinski definition) is 3. The molecule has 1 aromatic rings. The lowest BCUT2D eigenvalue weighted by atomic mass is 10.2. The van der Waals surface area contributed by atoms with Crippen molar-refractivity contribution in [1.29, 1.82) is 0 Å². The van der Waals surface area contributed by atoms with Crippen LogP contribution in [-0.4, -0.2) is 24.8 Å². The van der Waals surface area contributed by atoms with Gasteiger partial charge in [0.25, 0.3) is 5.91 Å². The van der Waals surface area contributed by atoms with E-state index in [1.54, 1.807) is 12.1 Å². The Kier molecular flexibility index (Phi) is 3.66. The van der Waals surface area contributed by atoms with Crippen LogP contribution in [0.25, 0.3) is 0 Å². The first-order valence-corrected chi connectivity index (χ1v) is 5.35. The quantitative estimate of drug-likeness (QED) is 0.766. The third kappa shape index (κ3) is 2.90. The summed E-state index contributed by atoms with van der Waals surface area (Å²) in [6, 6.07) is 9.04. The molecule has 0 aliphatic carbocycles. The van der Waals surface area contributed by atoms with Crippen LogP contribution in [0.4, 0.5) is 0 Å². The maximum atomic E-state index is 11.6. The second-order valence-electron chi connectivity index (χ2n) is 3.64. The predicted octanol–water partition coefficient (Wildman–Crippen LogP) is 1.58. The molecule has 1 aliphatic rings. The molecule has 16 heavy (non-hydrogen) atoms. The molecule has 1 heterocycles. The van der Waals surface area contributed by atoms with Gasteiger partial charge in [-0.1, -0.05) is 18.2 Å². The Hall–Kier alpha value is -1.68. The molecule has 1 aliphatic heterocycles. The molecule has 4 nitrogen and oxygen atoms in total. The van der Waals surface area contributed by atoms with Gasteiger partial charge in [0.05, 0.1) is 12.3 Å². The third-order valence-corrected chi connectivity index (χ3v) is 2.37. The zero-order chi connectivity index (χ0) is 11.2. The van der Waals surface area contributed by atoms with E-state index >= 15 is 0 Å². The van der Waals surface area contributed by atoms with Crippen molar-refractivity contribution in [2.75, 3.05) is 13.2 Å². The van der Waals surface area contributed by atoms with Gasteiger partial charge in [-0.15, -0.1) is 0 Å². The summed E-state index contributed by atoms with van der Waals surface area (Å²) in [6.45, 7) is 1.31. The lowest BCUT2D eigenvalue weighted by Crippen LogP contribution is -2.24. The number of amides is 1. The molecule has 1 saturated heterocycles. The highest BCUT2D eigenvalue weighted by molar-refractivity contribution is 5.95. The van der Waals surface area contributed by atoms with Crippen molar-refractivity contribution in [2.45, 2.75) is 12.8 Å². The van der Waals surface area contributed by atoms with Gasteiger partial charge in [-0.05, 0) is 25.0 Å². The number of nitrogens with zero attached hydrogens (tertiary/aromatic N) is 1. The molecule has 84 valence electrons.